The average Bonchev–Trinajstić information content (AvgIpc) is 3.01. The van der Waals surface area contributed by atoms with E-state index in [1.165, 1.54) is 26.8 Å². The van der Waals surface area contributed by atoms with Crippen LogP contribution in [0.4, 0.5) is 0 Å². The summed E-state index contributed by atoms with van der Waals surface area (Å²) in [5.74, 6) is 0.940. The highest BCUT2D eigenvalue weighted by molar-refractivity contribution is 7.17. The summed E-state index contributed by atoms with van der Waals surface area (Å²) >= 11 is 1.80. The highest BCUT2D eigenvalue weighted by Gasteiger charge is 2.26. The Bertz CT molecular complexity index is 823. The fourth-order valence-electron chi connectivity index (χ4n) is 3.43. The zero-order valence-corrected chi connectivity index (χ0v) is 13.7. The van der Waals surface area contributed by atoms with E-state index >= 15 is 0 Å². The Morgan fingerprint density at radius 3 is 2.91 bits per heavy atom. The van der Waals surface area contributed by atoms with Gasteiger partial charge in [-0.05, 0) is 71.3 Å². The quantitative estimate of drug-likeness (QED) is 0.691. The third kappa shape index (κ3) is 2.21. The number of methoxy groups -OCH3 is 1. The smallest absolute Gasteiger partial charge is 0.119 e. The molecule has 0 amide bonds. The molecule has 0 fully saturated rings. The lowest BCUT2D eigenvalue weighted by molar-refractivity contribution is 0.264. The van der Waals surface area contributed by atoms with E-state index in [9.17, 15) is 0 Å². The van der Waals surface area contributed by atoms with Crippen molar-refractivity contribution in [2.75, 3.05) is 20.7 Å². The molecule has 0 saturated carbocycles. The number of ether oxygens (including phenoxy) is 1. The summed E-state index contributed by atoms with van der Waals surface area (Å²) in [5.41, 5.74) is 4.18. The van der Waals surface area contributed by atoms with Crippen LogP contribution in [0.3, 0.4) is 0 Å². The first-order valence-electron chi connectivity index (χ1n) is 7.60. The van der Waals surface area contributed by atoms with Crippen LogP contribution in [0.5, 0.6) is 5.75 Å². The second kappa shape index (κ2) is 5.41. The SMILES string of the molecule is COc1ccc2c(c1)C(c1ccc3sccc3c1)N(C)CC2. The summed E-state index contributed by atoms with van der Waals surface area (Å²) in [5, 5.41) is 3.50. The lowest BCUT2D eigenvalue weighted by Crippen LogP contribution is -2.32. The Labute approximate surface area is 135 Å². The summed E-state index contributed by atoms with van der Waals surface area (Å²) in [4.78, 5) is 2.44. The van der Waals surface area contributed by atoms with Gasteiger partial charge in [0.05, 0.1) is 13.2 Å². The van der Waals surface area contributed by atoms with Crippen LogP contribution in [0.2, 0.25) is 0 Å². The summed E-state index contributed by atoms with van der Waals surface area (Å²) in [6.45, 7) is 1.09. The Morgan fingerprint density at radius 1 is 1.14 bits per heavy atom. The maximum atomic E-state index is 5.44. The minimum absolute atomic E-state index is 0.308. The van der Waals surface area contributed by atoms with Gasteiger partial charge in [-0.3, -0.25) is 4.90 Å². The van der Waals surface area contributed by atoms with E-state index in [2.05, 4.69) is 59.8 Å². The highest BCUT2D eigenvalue weighted by Crippen LogP contribution is 2.37. The first kappa shape index (κ1) is 13.8. The van der Waals surface area contributed by atoms with Gasteiger partial charge in [0.1, 0.15) is 5.75 Å². The van der Waals surface area contributed by atoms with E-state index in [0.717, 1.165) is 18.7 Å². The third-order valence-corrected chi connectivity index (χ3v) is 5.51. The number of likely N-dealkylation sites (N-methyl/N-ethyl adjacent to an activating group) is 1. The van der Waals surface area contributed by atoms with Crippen LogP contribution in [0.1, 0.15) is 22.7 Å². The molecule has 1 atom stereocenters. The minimum Gasteiger partial charge on any atom is -0.497 e. The van der Waals surface area contributed by atoms with Crippen LogP contribution in [0, 0.1) is 0 Å². The molecule has 112 valence electrons. The topological polar surface area (TPSA) is 12.5 Å². The molecule has 4 rings (SSSR count). The Balaban J connectivity index is 1.86. The lowest BCUT2D eigenvalue weighted by Gasteiger charge is -2.35. The molecule has 0 bridgehead atoms. The second-order valence-electron chi connectivity index (χ2n) is 5.92. The molecule has 0 saturated heterocycles. The van der Waals surface area contributed by atoms with E-state index in [1.54, 1.807) is 18.4 Å². The minimum atomic E-state index is 0.308. The Hall–Kier alpha value is -1.84. The van der Waals surface area contributed by atoms with Gasteiger partial charge < -0.3 is 4.74 Å². The monoisotopic (exact) mass is 309 g/mol. The van der Waals surface area contributed by atoms with Crippen molar-refractivity contribution in [2.45, 2.75) is 12.5 Å². The van der Waals surface area contributed by atoms with Gasteiger partial charge in [-0.2, -0.15) is 0 Å². The van der Waals surface area contributed by atoms with Crippen molar-refractivity contribution in [1.82, 2.24) is 4.90 Å². The highest BCUT2D eigenvalue weighted by atomic mass is 32.1. The van der Waals surface area contributed by atoms with Crippen molar-refractivity contribution < 1.29 is 4.74 Å². The molecule has 2 nitrogen and oxygen atoms in total. The number of hydrogen-bond donors (Lipinski definition) is 0. The molecule has 1 aromatic heterocycles. The average molecular weight is 309 g/mol. The van der Waals surface area contributed by atoms with Crippen molar-refractivity contribution >= 4 is 21.4 Å². The first-order valence-corrected chi connectivity index (χ1v) is 8.48. The summed E-state index contributed by atoms with van der Waals surface area (Å²) in [6, 6.07) is 15.9. The first-order chi connectivity index (χ1) is 10.8. The van der Waals surface area contributed by atoms with E-state index in [4.69, 9.17) is 4.74 Å². The van der Waals surface area contributed by atoms with Gasteiger partial charge in [0.2, 0.25) is 0 Å². The third-order valence-electron chi connectivity index (χ3n) is 4.61. The van der Waals surface area contributed by atoms with E-state index in [0.29, 0.717) is 6.04 Å². The molecule has 0 aliphatic carbocycles. The zero-order valence-electron chi connectivity index (χ0n) is 12.9. The van der Waals surface area contributed by atoms with Gasteiger partial charge >= 0.3 is 0 Å². The lowest BCUT2D eigenvalue weighted by atomic mass is 9.88. The van der Waals surface area contributed by atoms with Crippen LogP contribution >= 0.6 is 11.3 Å². The normalized spacial score (nSPS) is 18.4. The Morgan fingerprint density at radius 2 is 2.05 bits per heavy atom. The molecule has 1 aliphatic heterocycles. The summed E-state index contributed by atoms with van der Waals surface area (Å²) < 4.78 is 6.80. The number of hydrogen-bond acceptors (Lipinski definition) is 3. The fourth-order valence-corrected chi connectivity index (χ4v) is 4.21. The molecule has 0 N–H and O–H groups in total. The predicted octanol–water partition coefficient (Wildman–Crippen LogP) is 4.49. The van der Waals surface area contributed by atoms with Crippen LogP contribution in [0.25, 0.3) is 10.1 Å². The standard InChI is InChI=1S/C19H19NOS/c1-20-9-7-13-3-5-16(21-2)12-17(13)19(20)15-4-6-18-14(11-15)8-10-22-18/h3-6,8,10-12,19H,7,9H2,1-2H3. The van der Waals surface area contributed by atoms with Crippen molar-refractivity contribution in [3.8, 4) is 5.75 Å². The molecule has 3 aromatic rings. The van der Waals surface area contributed by atoms with E-state index in [1.807, 2.05) is 0 Å². The molecule has 2 heterocycles. The molecule has 1 aliphatic rings. The molecule has 0 spiro atoms. The maximum Gasteiger partial charge on any atom is 0.119 e. The molecule has 2 aromatic carbocycles. The molecular weight excluding hydrogens is 290 g/mol. The number of benzene rings is 2. The molecule has 1 unspecified atom stereocenters. The van der Waals surface area contributed by atoms with Crippen molar-refractivity contribution in [3.63, 3.8) is 0 Å². The number of fused-ring (bicyclic) bond motifs is 2. The van der Waals surface area contributed by atoms with Gasteiger partial charge in [0, 0.05) is 11.2 Å². The van der Waals surface area contributed by atoms with Crippen LogP contribution in [0.15, 0.2) is 47.8 Å². The molecular formula is C19H19NOS. The van der Waals surface area contributed by atoms with Crippen molar-refractivity contribution in [1.29, 1.82) is 0 Å². The zero-order chi connectivity index (χ0) is 15.1. The van der Waals surface area contributed by atoms with Gasteiger partial charge in [0.25, 0.3) is 0 Å². The van der Waals surface area contributed by atoms with Crippen molar-refractivity contribution in [3.05, 3.63) is 64.5 Å². The van der Waals surface area contributed by atoms with Crippen LogP contribution in [-0.2, 0) is 6.42 Å². The predicted molar refractivity (Wildman–Crippen MR) is 93.0 cm³/mol. The largest absolute Gasteiger partial charge is 0.497 e. The molecule has 22 heavy (non-hydrogen) atoms. The fraction of sp³-hybridized carbons (Fsp3) is 0.263. The van der Waals surface area contributed by atoms with Gasteiger partial charge in [-0.15, -0.1) is 11.3 Å². The number of rotatable bonds is 2. The second-order valence-corrected chi connectivity index (χ2v) is 6.86. The van der Waals surface area contributed by atoms with E-state index < -0.39 is 0 Å². The number of nitrogens with zero attached hydrogens (tertiary/aromatic N) is 1. The summed E-state index contributed by atoms with van der Waals surface area (Å²) in [6.07, 6.45) is 1.10. The maximum absolute atomic E-state index is 5.44. The van der Waals surface area contributed by atoms with Crippen LogP contribution in [-0.4, -0.2) is 25.6 Å². The Kier molecular flexibility index (Phi) is 3.40. The number of thiophene rings is 1. The molecule has 3 heteroatoms. The molecule has 0 radical (unpaired) electrons. The van der Waals surface area contributed by atoms with Gasteiger partial charge in [0.15, 0.2) is 0 Å². The van der Waals surface area contributed by atoms with E-state index in [-0.39, 0.29) is 0 Å². The summed E-state index contributed by atoms with van der Waals surface area (Å²) in [7, 11) is 3.95. The van der Waals surface area contributed by atoms with Crippen molar-refractivity contribution in [2.24, 2.45) is 0 Å². The van der Waals surface area contributed by atoms with Gasteiger partial charge in [-0.25, -0.2) is 0 Å². The van der Waals surface area contributed by atoms with Gasteiger partial charge in [-0.1, -0.05) is 12.1 Å². The van der Waals surface area contributed by atoms with Crippen LogP contribution < -0.4 is 4.74 Å².